The lowest BCUT2D eigenvalue weighted by molar-refractivity contribution is -0.0427. The molecule has 0 aromatic heterocycles. The van der Waals surface area contributed by atoms with Crippen LogP contribution in [0.2, 0.25) is 0 Å². The second-order valence-corrected chi connectivity index (χ2v) is 4.60. The van der Waals surface area contributed by atoms with E-state index < -0.39 is 0 Å². The van der Waals surface area contributed by atoms with Gasteiger partial charge in [0.2, 0.25) is 0 Å². The number of hydrogen-bond acceptors (Lipinski definition) is 4. The fraction of sp³-hybridized carbons (Fsp3) is 0.900. The van der Waals surface area contributed by atoms with Crippen molar-refractivity contribution in [3.63, 3.8) is 0 Å². The minimum atomic E-state index is 0.547. The summed E-state index contributed by atoms with van der Waals surface area (Å²) in [6.45, 7) is 5.81. The van der Waals surface area contributed by atoms with Gasteiger partial charge < -0.3 is 5.73 Å². The molecule has 0 aromatic rings. The molecule has 14 heavy (non-hydrogen) atoms. The highest BCUT2D eigenvalue weighted by molar-refractivity contribution is 4.98. The van der Waals surface area contributed by atoms with Crippen molar-refractivity contribution in [2.75, 3.05) is 39.4 Å². The van der Waals surface area contributed by atoms with Crippen molar-refractivity contribution in [3.8, 4) is 6.07 Å². The Labute approximate surface area is 85.3 Å². The first-order valence-corrected chi connectivity index (χ1v) is 5.30. The Morgan fingerprint density at radius 3 is 2.36 bits per heavy atom. The first-order chi connectivity index (χ1) is 6.78. The molecule has 0 bridgehead atoms. The topological polar surface area (TPSA) is 56.3 Å². The molecule has 4 nitrogen and oxygen atoms in total. The lowest BCUT2D eigenvalue weighted by Crippen LogP contribution is -2.61. The van der Waals surface area contributed by atoms with Gasteiger partial charge in [-0.05, 0) is 31.3 Å². The van der Waals surface area contributed by atoms with Crippen LogP contribution in [0.25, 0.3) is 0 Å². The molecule has 2 heterocycles. The van der Waals surface area contributed by atoms with E-state index in [1.54, 1.807) is 0 Å². The van der Waals surface area contributed by atoms with Crippen molar-refractivity contribution in [3.05, 3.63) is 0 Å². The molecule has 2 aliphatic rings. The Balaban J connectivity index is 1.77. The van der Waals surface area contributed by atoms with E-state index in [-0.39, 0.29) is 0 Å². The first-order valence-electron chi connectivity index (χ1n) is 5.30. The molecule has 2 N–H and O–H groups in total. The average molecular weight is 194 g/mol. The molecule has 78 valence electrons. The number of rotatable bonds is 2. The fourth-order valence-electron chi connectivity index (χ4n) is 2.63. The van der Waals surface area contributed by atoms with E-state index in [9.17, 15) is 0 Å². The van der Waals surface area contributed by atoms with Gasteiger partial charge in [0, 0.05) is 19.8 Å². The maximum absolute atomic E-state index is 8.58. The number of nitriles is 1. The normalized spacial score (nSPS) is 27.1. The van der Waals surface area contributed by atoms with Crippen LogP contribution in [0.3, 0.4) is 0 Å². The molecule has 0 atom stereocenters. The number of likely N-dealkylation sites (tertiary alicyclic amines) is 2. The van der Waals surface area contributed by atoms with E-state index in [0.29, 0.717) is 18.6 Å². The Hall–Kier alpha value is -0.630. The van der Waals surface area contributed by atoms with Crippen molar-refractivity contribution >= 4 is 0 Å². The highest BCUT2D eigenvalue weighted by Gasteiger charge is 2.43. The van der Waals surface area contributed by atoms with Crippen LogP contribution < -0.4 is 5.73 Å². The largest absolute Gasteiger partial charge is 0.318 e. The molecule has 4 heteroatoms. The summed E-state index contributed by atoms with van der Waals surface area (Å²) in [5.41, 5.74) is 6.12. The summed E-state index contributed by atoms with van der Waals surface area (Å²) in [7, 11) is 0. The molecule has 0 unspecified atom stereocenters. The van der Waals surface area contributed by atoms with Gasteiger partial charge in [-0.1, -0.05) is 0 Å². The molecule has 2 rings (SSSR count). The zero-order valence-corrected chi connectivity index (χ0v) is 8.58. The molecular formula is C10H18N4. The van der Waals surface area contributed by atoms with Crippen LogP contribution >= 0.6 is 0 Å². The number of piperidine rings is 1. The smallest absolute Gasteiger partial charge is 0.0865 e. The molecule has 0 aromatic carbocycles. The van der Waals surface area contributed by atoms with Gasteiger partial charge >= 0.3 is 0 Å². The summed E-state index contributed by atoms with van der Waals surface area (Å²) in [4.78, 5) is 4.54. The average Bonchev–Trinajstić information content (AvgIpc) is 2.16. The van der Waals surface area contributed by atoms with E-state index >= 15 is 0 Å². The van der Waals surface area contributed by atoms with Crippen LogP contribution in [0.15, 0.2) is 0 Å². The third-order valence-corrected chi connectivity index (χ3v) is 3.59. The van der Waals surface area contributed by atoms with Crippen molar-refractivity contribution in [2.24, 2.45) is 11.1 Å². The van der Waals surface area contributed by atoms with Crippen LogP contribution in [0.5, 0.6) is 0 Å². The Morgan fingerprint density at radius 1 is 1.21 bits per heavy atom. The molecule has 2 saturated heterocycles. The van der Waals surface area contributed by atoms with Gasteiger partial charge in [-0.15, -0.1) is 0 Å². The molecule has 1 spiro atoms. The van der Waals surface area contributed by atoms with Gasteiger partial charge in [-0.2, -0.15) is 5.26 Å². The standard InChI is InChI=1S/C10H18N4/c11-3-6-13-4-1-10(2-5-13)7-14(8-10)9-12/h1-2,4-9,12H2. The van der Waals surface area contributed by atoms with Crippen LogP contribution in [-0.4, -0.2) is 49.2 Å². The van der Waals surface area contributed by atoms with Crippen LogP contribution in [0.4, 0.5) is 0 Å². The zero-order valence-electron chi connectivity index (χ0n) is 8.58. The zero-order chi connectivity index (χ0) is 10.0. The summed E-state index contributed by atoms with van der Waals surface area (Å²) in [5, 5.41) is 8.58. The van der Waals surface area contributed by atoms with Crippen molar-refractivity contribution < 1.29 is 0 Å². The quantitative estimate of drug-likeness (QED) is 0.620. The molecule has 0 saturated carbocycles. The van der Waals surface area contributed by atoms with E-state index in [2.05, 4.69) is 15.9 Å². The van der Waals surface area contributed by atoms with Gasteiger partial charge in [-0.3, -0.25) is 9.80 Å². The minimum Gasteiger partial charge on any atom is -0.318 e. The van der Waals surface area contributed by atoms with Crippen LogP contribution in [0, 0.1) is 16.7 Å². The first kappa shape index (κ1) is 9.91. The summed E-state index contributed by atoms with van der Waals surface area (Å²) in [5.74, 6) is 0. The highest BCUT2D eigenvalue weighted by atomic mass is 15.3. The summed E-state index contributed by atoms with van der Waals surface area (Å²) in [6.07, 6.45) is 2.48. The predicted molar refractivity (Wildman–Crippen MR) is 54.3 cm³/mol. The summed E-state index contributed by atoms with van der Waals surface area (Å²) >= 11 is 0. The van der Waals surface area contributed by atoms with Crippen molar-refractivity contribution in [1.82, 2.24) is 9.80 Å². The monoisotopic (exact) mass is 194 g/mol. The molecule has 2 fully saturated rings. The third-order valence-electron chi connectivity index (χ3n) is 3.59. The SMILES string of the molecule is N#CCN1CCC2(CC1)CN(CN)C2. The summed E-state index contributed by atoms with van der Waals surface area (Å²) in [6, 6.07) is 2.22. The Morgan fingerprint density at radius 2 is 1.86 bits per heavy atom. The van der Waals surface area contributed by atoms with Crippen LogP contribution in [0.1, 0.15) is 12.8 Å². The number of hydrogen-bond donors (Lipinski definition) is 1. The molecule has 0 aliphatic carbocycles. The molecule has 0 radical (unpaired) electrons. The van der Waals surface area contributed by atoms with E-state index in [0.717, 1.165) is 13.1 Å². The third kappa shape index (κ3) is 1.76. The van der Waals surface area contributed by atoms with E-state index in [1.807, 2.05) is 0 Å². The molecule has 0 amide bonds. The maximum Gasteiger partial charge on any atom is 0.0865 e. The summed E-state index contributed by atoms with van der Waals surface area (Å²) < 4.78 is 0. The van der Waals surface area contributed by atoms with E-state index in [4.69, 9.17) is 11.0 Å². The Kier molecular flexibility index (Phi) is 2.73. The van der Waals surface area contributed by atoms with Gasteiger partial charge in [0.25, 0.3) is 0 Å². The van der Waals surface area contributed by atoms with Crippen molar-refractivity contribution in [2.45, 2.75) is 12.8 Å². The minimum absolute atomic E-state index is 0.547. The maximum atomic E-state index is 8.58. The van der Waals surface area contributed by atoms with Gasteiger partial charge in [0.1, 0.15) is 0 Å². The molecule has 2 aliphatic heterocycles. The molecular weight excluding hydrogens is 176 g/mol. The second kappa shape index (κ2) is 3.85. The number of nitrogens with two attached hydrogens (primary N) is 1. The Bertz CT molecular complexity index is 229. The van der Waals surface area contributed by atoms with Crippen molar-refractivity contribution in [1.29, 1.82) is 5.26 Å². The highest BCUT2D eigenvalue weighted by Crippen LogP contribution is 2.39. The predicted octanol–water partition coefficient (Wildman–Crippen LogP) is -0.176. The van der Waals surface area contributed by atoms with Gasteiger partial charge in [0.05, 0.1) is 12.6 Å². The van der Waals surface area contributed by atoms with Crippen LogP contribution in [-0.2, 0) is 0 Å². The number of nitrogens with zero attached hydrogens (tertiary/aromatic N) is 3. The van der Waals surface area contributed by atoms with E-state index in [1.165, 1.54) is 25.9 Å². The second-order valence-electron chi connectivity index (χ2n) is 4.60. The van der Waals surface area contributed by atoms with Gasteiger partial charge in [-0.25, -0.2) is 0 Å². The lowest BCUT2D eigenvalue weighted by atomic mass is 9.72. The lowest BCUT2D eigenvalue weighted by Gasteiger charge is -2.53. The fourth-order valence-corrected chi connectivity index (χ4v) is 2.63. The van der Waals surface area contributed by atoms with Gasteiger partial charge in [0.15, 0.2) is 0 Å².